The second kappa shape index (κ2) is 9.44. The first-order chi connectivity index (χ1) is 14.7. The maximum atomic E-state index is 15.6. The van der Waals surface area contributed by atoms with Gasteiger partial charge in [-0.2, -0.15) is 0 Å². The first kappa shape index (κ1) is 23.3. The third kappa shape index (κ3) is 4.95. The van der Waals surface area contributed by atoms with Gasteiger partial charge in [0.2, 0.25) is 0 Å². The summed E-state index contributed by atoms with van der Waals surface area (Å²) in [5.41, 5.74) is -2.72. The van der Waals surface area contributed by atoms with E-state index in [0.717, 1.165) is 0 Å². The van der Waals surface area contributed by atoms with Crippen LogP contribution in [0, 0.1) is 0 Å². The lowest BCUT2D eigenvalue weighted by atomic mass is 9.88. The summed E-state index contributed by atoms with van der Waals surface area (Å²) in [4.78, 5) is 18.0. The van der Waals surface area contributed by atoms with Gasteiger partial charge in [-0.25, -0.2) is 13.6 Å². The molecule has 3 rings (SSSR count). The third-order valence-electron chi connectivity index (χ3n) is 5.53. The number of benzene rings is 1. The summed E-state index contributed by atoms with van der Waals surface area (Å²) in [6, 6.07) is 7.23. The third-order valence-corrected chi connectivity index (χ3v) is 5.82. The molecule has 168 valence electrons. The highest BCUT2D eigenvalue weighted by Gasteiger charge is 2.41. The molecular formula is C21H24ClF2N3O4. The molecule has 1 fully saturated rings. The Morgan fingerprint density at radius 3 is 2.35 bits per heavy atom. The number of carbonyl (C=O) groups is 1. The van der Waals surface area contributed by atoms with E-state index < -0.39 is 31.2 Å². The van der Waals surface area contributed by atoms with Crippen molar-refractivity contribution in [2.24, 2.45) is 0 Å². The van der Waals surface area contributed by atoms with Crippen LogP contribution in [0.1, 0.15) is 29.7 Å². The van der Waals surface area contributed by atoms with Crippen LogP contribution >= 0.6 is 11.6 Å². The molecule has 0 radical (unpaired) electrons. The number of aromatic nitrogens is 1. The fourth-order valence-corrected chi connectivity index (χ4v) is 3.77. The van der Waals surface area contributed by atoms with E-state index in [-0.39, 0.29) is 48.2 Å². The minimum absolute atomic E-state index is 0.0157. The van der Waals surface area contributed by atoms with Crippen LogP contribution in [0.3, 0.4) is 0 Å². The zero-order valence-electron chi connectivity index (χ0n) is 16.7. The molecule has 4 N–H and O–H groups in total. The van der Waals surface area contributed by atoms with Crippen LogP contribution < -0.4 is 5.32 Å². The largest absolute Gasteiger partial charge is 0.393 e. The fourth-order valence-electron chi connectivity index (χ4n) is 3.44. The van der Waals surface area contributed by atoms with Crippen molar-refractivity contribution in [3.05, 3.63) is 58.4 Å². The minimum Gasteiger partial charge on any atom is -0.393 e. The molecule has 0 unspecified atom stereocenters. The normalized spacial score (nSPS) is 16.3. The molecule has 31 heavy (non-hydrogen) atoms. The van der Waals surface area contributed by atoms with Gasteiger partial charge in [-0.3, -0.25) is 4.98 Å². The molecule has 0 saturated carbocycles. The lowest BCUT2D eigenvalue weighted by Crippen LogP contribution is -2.45. The number of nitrogens with one attached hydrogen (secondary N) is 1. The van der Waals surface area contributed by atoms with Gasteiger partial charge >= 0.3 is 6.03 Å². The summed E-state index contributed by atoms with van der Waals surface area (Å²) in [7, 11) is 0. The Kier molecular flexibility index (Phi) is 7.10. The van der Waals surface area contributed by atoms with Gasteiger partial charge in [-0.15, -0.1) is 0 Å². The van der Waals surface area contributed by atoms with E-state index in [4.69, 9.17) is 11.6 Å². The van der Waals surface area contributed by atoms with E-state index in [1.54, 1.807) is 24.3 Å². The average Bonchev–Trinajstić information content (AvgIpc) is 2.79. The number of hydrogen-bond acceptors (Lipinski definition) is 5. The van der Waals surface area contributed by atoms with Crippen LogP contribution in [-0.2, 0) is 17.9 Å². The number of carbonyl (C=O) groups excluding carboxylic acids is 1. The summed E-state index contributed by atoms with van der Waals surface area (Å²) in [5.74, 6) is 0. The molecule has 1 aromatic carbocycles. The predicted molar refractivity (Wildman–Crippen MR) is 111 cm³/mol. The smallest absolute Gasteiger partial charge is 0.321 e. The van der Waals surface area contributed by atoms with Crippen LogP contribution in [0.25, 0.3) is 0 Å². The minimum atomic E-state index is -1.93. The number of rotatable bonds is 6. The molecule has 10 heteroatoms. The van der Waals surface area contributed by atoms with E-state index in [1.165, 1.54) is 17.2 Å². The Balaban J connectivity index is 1.66. The van der Waals surface area contributed by atoms with Crippen LogP contribution in [0.2, 0.25) is 5.02 Å². The van der Waals surface area contributed by atoms with Crippen LogP contribution in [0.15, 0.2) is 36.5 Å². The Bertz CT molecular complexity index is 917. The zero-order chi connectivity index (χ0) is 22.6. The molecular weight excluding hydrogens is 432 g/mol. The summed E-state index contributed by atoms with van der Waals surface area (Å²) in [5, 5.41) is 31.4. The number of aliphatic hydroxyl groups is 3. The second-order valence-corrected chi connectivity index (χ2v) is 8.02. The lowest BCUT2D eigenvalue weighted by molar-refractivity contribution is -0.0601. The number of aliphatic hydroxyl groups excluding tert-OH is 2. The molecule has 0 aliphatic carbocycles. The highest BCUT2D eigenvalue weighted by Crippen LogP contribution is 2.40. The fraction of sp³-hybridized carbons (Fsp3) is 0.429. The van der Waals surface area contributed by atoms with Gasteiger partial charge in [0.15, 0.2) is 5.67 Å². The average molecular weight is 456 g/mol. The maximum Gasteiger partial charge on any atom is 0.321 e. The topological polar surface area (TPSA) is 106 Å². The Labute approximate surface area is 183 Å². The Morgan fingerprint density at radius 1 is 1.23 bits per heavy atom. The predicted octanol–water partition coefficient (Wildman–Crippen LogP) is 2.87. The van der Waals surface area contributed by atoms with Gasteiger partial charge in [0.05, 0.1) is 23.9 Å². The molecule has 0 atom stereocenters. The number of amides is 2. The number of likely N-dealkylation sites (tertiary alicyclic amines) is 1. The van der Waals surface area contributed by atoms with Gasteiger partial charge in [0.1, 0.15) is 12.3 Å². The van der Waals surface area contributed by atoms with Gasteiger partial charge in [-0.1, -0.05) is 23.7 Å². The van der Waals surface area contributed by atoms with Crippen LogP contribution in [0.4, 0.5) is 19.3 Å². The lowest BCUT2D eigenvalue weighted by Gasteiger charge is -2.36. The van der Waals surface area contributed by atoms with Crippen molar-refractivity contribution in [1.29, 1.82) is 0 Å². The second-order valence-electron chi connectivity index (χ2n) is 7.62. The number of nitrogens with zero attached hydrogens (tertiary/aromatic N) is 2. The summed E-state index contributed by atoms with van der Waals surface area (Å²) < 4.78 is 28.2. The van der Waals surface area contributed by atoms with Crippen molar-refractivity contribution < 1.29 is 28.9 Å². The molecule has 2 aromatic rings. The number of hydrogen-bond donors (Lipinski definition) is 4. The molecule has 7 nitrogen and oxygen atoms in total. The number of urea groups is 1. The Hall–Kier alpha value is -2.33. The standard InChI is InChI=1S/C21H24ClF2N3O4/c22-17-9-15(21(31,12-28)13-29)11-25-18(17)20(24)5-7-27(8-6-20)19(30)26-16-3-1-14(10-23)2-4-16/h1-4,9,11,28-29,31H,5-8,10,12-13H2,(H,26,30). The molecule has 1 saturated heterocycles. The van der Waals surface area contributed by atoms with E-state index in [2.05, 4.69) is 10.3 Å². The first-order valence-corrected chi connectivity index (χ1v) is 10.1. The number of piperidine rings is 1. The van der Waals surface area contributed by atoms with E-state index in [1.807, 2.05) is 0 Å². The molecule has 1 aliphatic heterocycles. The van der Waals surface area contributed by atoms with Gasteiger partial charge in [0, 0.05) is 43.4 Å². The highest BCUT2D eigenvalue weighted by atomic mass is 35.5. The number of anilines is 1. The van der Waals surface area contributed by atoms with Crippen molar-refractivity contribution in [1.82, 2.24) is 9.88 Å². The number of halogens is 3. The molecule has 2 heterocycles. The SMILES string of the molecule is O=C(Nc1ccc(CF)cc1)N1CCC(F)(c2ncc(C(O)(CO)CO)cc2Cl)CC1. The van der Waals surface area contributed by atoms with E-state index >= 15 is 4.39 Å². The molecule has 2 amide bonds. The summed E-state index contributed by atoms with van der Waals surface area (Å²) >= 11 is 6.21. The number of pyridine rings is 1. The van der Waals surface area contributed by atoms with E-state index in [9.17, 15) is 24.5 Å². The van der Waals surface area contributed by atoms with Crippen molar-refractivity contribution in [2.45, 2.75) is 30.8 Å². The van der Waals surface area contributed by atoms with Gasteiger partial charge in [0.25, 0.3) is 0 Å². The van der Waals surface area contributed by atoms with Crippen molar-refractivity contribution >= 4 is 23.3 Å². The Morgan fingerprint density at radius 2 is 1.84 bits per heavy atom. The quantitative estimate of drug-likeness (QED) is 0.536. The zero-order valence-corrected chi connectivity index (χ0v) is 17.4. The van der Waals surface area contributed by atoms with Crippen molar-refractivity contribution in [3.8, 4) is 0 Å². The van der Waals surface area contributed by atoms with Crippen LogP contribution in [-0.4, -0.2) is 57.5 Å². The van der Waals surface area contributed by atoms with E-state index in [0.29, 0.717) is 11.3 Å². The van der Waals surface area contributed by atoms with Crippen LogP contribution in [0.5, 0.6) is 0 Å². The molecule has 1 aromatic heterocycles. The van der Waals surface area contributed by atoms with Gasteiger partial charge < -0.3 is 25.5 Å². The van der Waals surface area contributed by atoms with Crippen molar-refractivity contribution in [2.75, 3.05) is 31.6 Å². The maximum absolute atomic E-state index is 15.6. The summed E-state index contributed by atoms with van der Waals surface area (Å²) in [6.07, 6.45) is 1.12. The van der Waals surface area contributed by atoms with Gasteiger partial charge in [-0.05, 0) is 23.8 Å². The van der Waals surface area contributed by atoms with Crippen molar-refractivity contribution in [3.63, 3.8) is 0 Å². The summed E-state index contributed by atoms with van der Waals surface area (Å²) in [6.45, 7) is -1.83. The molecule has 0 spiro atoms. The molecule has 0 bridgehead atoms. The number of alkyl halides is 2. The molecule has 1 aliphatic rings. The first-order valence-electron chi connectivity index (χ1n) is 9.75. The highest BCUT2D eigenvalue weighted by molar-refractivity contribution is 6.31. The monoisotopic (exact) mass is 455 g/mol.